The quantitative estimate of drug-likeness (QED) is 0.777. The molecule has 1 heterocycles. The first-order valence-electron chi connectivity index (χ1n) is 4.46. The molecule has 2 aromatic rings. The fourth-order valence-electron chi connectivity index (χ4n) is 1.16. The van der Waals surface area contributed by atoms with Crippen LogP contribution in [0.25, 0.3) is 0 Å². The van der Waals surface area contributed by atoms with E-state index < -0.39 is 0 Å². The second-order valence-corrected chi connectivity index (χ2v) is 5.14. The summed E-state index contributed by atoms with van der Waals surface area (Å²) in [5.74, 6) is 0.0248. The smallest absolute Gasteiger partial charge is 0.149 e. The Morgan fingerprint density at radius 1 is 1.24 bits per heavy atom. The highest BCUT2D eigenvalue weighted by Crippen LogP contribution is 2.30. The van der Waals surface area contributed by atoms with Crippen LogP contribution in [0.5, 0.6) is 0 Å². The van der Waals surface area contributed by atoms with Crippen LogP contribution in [0.15, 0.2) is 33.5 Å². The molecule has 3 nitrogen and oxygen atoms in total. The van der Waals surface area contributed by atoms with Gasteiger partial charge in [0.25, 0.3) is 0 Å². The van der Waals surface area contributed by atoms with Crippen molar-refractivity contribution in [1.29, 1.82) is 0 Å². The number of hydrogen-bond donors (Lipinski definition) is 1. The molecule has 0 fully saturated rings. The maximum Gasteiger partial charge on any atom is 0.149 e. The number of anilines is 2. The minimum absolute atomic E-state index is 0.262. The average Bonchev–Trinajstić information content (AvgIpc) is 2.30. The van der Waals surface area contributed by atoms with E-state index in [1.165, 1.54) is 12.4 Å². The number of rotatable bonds is 2. The zero-order valence-electron chi connectivity index (χ0n) is 8.22. The lowest BCUT2D eigenvalue weighted by Crippen LogP contribution is -1.98. The highest BCUT2D eigenvalue weighted by atomic mass is 79.9. The first-order chi connectivity index (χ1) is 8.08. The van der Waals surface area contributed by atoms with Crippen LogP contribution in [0, 0.1) is 5.82 Å². The third-order valence-corrected chi connectivity index (χ3v) is 3.69. The fraction of sp³-hybridized carbons (Fsp3) is 0. The van der Waals surface area contributed by atoms with Crippen LogP contribution in [0.4, 0.5) is 15.9 Å². The van der Waals surface area contributed by atoms with Gasteiger partial charge in [-0.15, -0.1) is 0 Å². The molecular formula is C10H5Br2ClFN3. The minimum atomic E-state index is -0.380. The van der Waals surface area contributed by atoms with Gasteiger partial charge in [-0.3, -0.25) is 0 Å². The summed E-state index contributed by atoms with van der Waals surface area (Å²) in [6, 6.07) is 4.57. The van der Waals surface area contributed by atoms with Crippen LogP contribution in [-0.4, -0.2) is 9.97 Å². The van der Waals surface area contributed by atoms with E-state index in [-0.39, 0.29) is 11.0 Å². The van der Waals surface area contributed by atoms with E-state index in [1.54, 1.807) is 12.1 Å². The predicted octanol–water partition coefficient (Wildman–Crippen LogP) is 4.54. The van der Waals surface area contributed by atoms with Gasteiger partial charge < -0.3 is 5.32 Å². The van der Waals surface area contributed by atoms with E-state index in [4.69, 9.17) is 11.6 Å². The monoisotopic (exact) mass is 379 g/mol. The molecule has 0 amide bonds. The van der Waals surface area contributed by atoms with E-state index in [9.17, 15) is 4.39 Å². The van der Waals surface area contributed by atoms with Crippen LogP contribution in [0.1, 0.15) is 0 Å². The van der Waals surface area contributed by atoms with Crippen LogP contribution >= 0.6 is 43.5 Å². The molecule has 0 bridgehead atoms. The summed E-state index contributed by atoms with van der Waals surface area (Å²) in [6.45, 7) is 0. The standard InChI is InChI=1S/C10H5Br2ClFN3/c11-5-1-2-6(14)7(3-5)17-10-8(12)9(13)15-4-16-10/h1-4H,(H,15,16,17). The highest BCUT2D eigenvalue weighted by Gasteiger charge is 2.09. The summed E-state index contributed by atoms with van der Waals surface area (Å²) in [4.78, 5) is 7.76. The third-order valence-electron chi connectivity index (χ3n) is 1.93. The molecule has 0 saturated heterocycles. The Hall–Kier alpha value is -0.720. The van der Waals surface area contributed by atoms with E-state index in [2.05, 4.69) is 47.1 Å². The molecule has 2 rings (SSSR count). The van der Waals surface area contributed by atoms with Gasteiger partial charge in [-0.25, -0.2) is 14.4 Å². The van der Waals surface area contributed by atoms with Gasteiger partial charge in [0, 0.05) is 4.47 Å². The molecule has 88 valence electrons. The van der Waals surface area contributed by atoms with Crippen molar-refractivity contribution in [2.24, 2.45) is 0 Å². The molecule has 1 aromatic heterocycles. The zero-order chi connectivity index (χ0) is 12.4. The van der Waals surface area contributed by atoms with Gasteiger partial charge in [0.05, 0.1) is 10.2 Å². The van der Waals surface area contributed by atoms with E-state index >= 15 is 0 Å². The van der Waals surface area contributed by atoms with Crippen molar-refractivity contribution in [2.45, 2.75) is 0 Å². The number of nitrogens with zero attached hydrogens (tertiary/aromatic N) is 2. The summed E-state index contributed by atoms with van der Waals surface area (Å²) in [5, 5.41) is 3.10. The van der Waals surface area contributed by atoms with Crippen LogP contribution < -0.4 is 5.32 Å². The van der Waals surface area contributed by atoms with E-state index in [0.29, 0.717) is 16.0 Å². The Bertz CT molecular complexity index is 565. The summed E-state index contributed by atoms with van der Waals surface area (Å²) in [6.07, 6.45) is 1.30. The molecule has 1 N–H and O–H groups in total. The van der Waals surface area contributed by atoms with Crippen molar-refractivity contribution >= 4 is 55.0 Å². The fourth-order valence-corrected chi connectivity index (χ4v) is 1.95. The van der Waals surface area contributed by atoms with Crippen LogP contribution in [0.2, 0.25) is 5.15 Å². The topological polar surface area (TPSA) is 37.8 Å². The second kappa shape index (κ2) is 5.29. The van der Waals surface area contributed by atoms with Crippen LogP contribution in [-0.2, 0) is 0 Å². The SMILES string of the molecule is Fc1ccc(Br)cc1Nc1ncnc(Cl)c1Br. The Morgan fingerprint density at radius 2 is 2.00 bits per heavy atom. The molecule has 7 heteroatoms. The number of hydrogen-bond acceptors (Lipinski definition) is 3. The first-order valence-corrected chi connectivity index (χ1v) is 6.42. The molecule has 0 aliphatic carbocycles. The normalized spacial score (nSPS) is 10.4. The Labute approximate surface area is 119 Å². The van der Waals surface area contributed by atoms with Gasteiger partial charge in [-0.1, -0.05) is 27.5 Å². The lowest BCUT2D eigenvalue weighted by Gasteiger charge is -2.09. The third kappa shape index (κ3) is 2.94. The lowest BCUT2D eigenvalue weighted by atomic mass is 10.3. The maximum absolute atomic E-state index is 13.5. The molecular weight excluding hydrogens is 376 g/mol. The van der Waals surface area contributed by atoms with Crippen molar-refractivity contribution in [3.8, 4) is 0 Å². The van der Waals surface area contributed by atoms with Gasteiger partial charge in [0.2, 0.25) is 0 Å². The molecule has 17 heavy (non-hydrogen) atoms. The lowest BCUT2D eigenvalue weighted by molar-refractivity contribution is 0.631. The maximum atomic E-state index is 13.5. The Balaban J connectivity index is 2.38. The molecule has 0 atom stereocenters. The predicted molar refractivity (Wildman–Crippen MR) is 72.1 cm³/mol. The van der Waals surface area contributed by atoms with Crippen molar-refractivity contribution < 1.29 is 4.39 Å². The van der Waals surface area contributed by atoms with Gasteiger partial charge in [-0.05, 0) is 34.1 Å². The first kappa shape index (κ1) is 12.7. The van der Waals surface area contributed by atoms with Crippen molar-refractivity contribution in [1.82, 2.24) is 9.97 Å². The number of nitrogens with one attached hydrogen (secondary N) is 1. The Morgan fingerprint density at radius 3 is 2.76 bits per heavy atom. The summed E-state index contributed by atoms with van der Waals surface area (Å²) in [5.41, 5.74) is 0.301. The molecule has 0 spiro atoms. The molecule has 0 aliphatic heterocycles. The highest BCUT2D eigenvalue weighted by molar-refractivity contribution is 9.11. The molecule has 0 saturated carbocycles. The van der Waals surface area contributed by atoms with Crippen molar-refractivity contribution in [3.05, 3.63) is 44.4 Å². The Kier molecular flexibility index (Phi) is 3.96. The molecule has 0 unspecified atom stereocenters. The van der Waals surface area contributed by atoms with Gasteiger partial charge >= 0.3 is 0 Å². The summed E-state index contributed by atoms with van der Waals surface area (Å²) in [7, 11) is 0. The van der Waals surface area contributed by atoms with E-state index in [0.717, 1.165) is 4.47 Å². The zero-order valence-corrected chi connectivity index (χ0v) is 12.1. The molecule has 0 aliphatic rings. The van der Waals surface area contributed by atoms with Crippen molar-refractivity contribution in [3.63, 3.8) is 0 Å². The second-order valence-electron chi connectivity index (χ2n) is 3.08. The summed E-state index contributed by atoms with van der Waals surface area (Å²) < 4.78 is 14.8. The minimum Gasteiger partial charge on any atom is -0.337 e. The van der Waals surface area contributed by atoms with Crippen molar-refractivity contribution in [2.75, 3.05) is 5.32 Å². The number of benzene rings is 1. The largest absolute Gasteiger partial charge is 0.337 e. The van der Waals surface area contributed by atoms with Gasteiger partial charge in [0.15, 0.2) is 0 Å². The van der Waals surface area contributed by atoms with E-state index in [1.807, 2.05) is 0 Å². The average molecular weight is 381 g/mol. The van der Waals surface area contributed by atoms with Gasteiger partial charge in [0.1, 0.15) is 23.1 Å². The number of halogens is 4. The van der Waals surface area contributed by atoms with Crippen LogP contribution in [0.3, 0.4) is 0 Å². The number of aromatic nitrogens is 2. The molecule has 0 radical (unpaired) electrons. The van der Waals surface area contributed by atoms with Gasteiger partial charge in [-0.2, -0.15) is 0 Å². The molecule has 1 aromatic carbocycles. The summed E-state index contributed by atoms with van der Waals surface area (Å²) >= 11 is 12.3.